The molecule has 0 spiro atoms. The third kappa shape index (κ3) is 77.6. The van der Waals surface area contributed by atoms with Gasteiger partial charge in [-0.3, -0.25) is 9.59 Å². The molecule has 0 saturated carbocycles. The summed E-state index contributed by atoms with van der Waals surface area (Å²) in [6.45, 7) is 4.49. The van der Waals surface area contributed by atoms with Crippen molar-refractivity contribution in [2.45, 2.75) is 309 Å². The fourth-order valence-corrected chi connectivity index (χ4v) is 10.3. The van der Waals surface area contributed by atoms with Crippen molar-refractivity contribution in [2.24, 2.45) is 0 Å². The molecule has 0 bridgehead atoms. The van der Waals surface area contributed by atoms with Gasteiger partial charge in [0.2, 0.25) is 0 Å². The molecule has 97 heavy (non-hydrogen) atoms. The van der Waals surface area contributed by atoms with E-state index in [0.717, 1.165) is 141 Å². The van der Waals surface area contributed by atoms with Gasteiger partial charge in [0.15, 0.2) is 12.4 Å². The number of likely N-dealkylation sites (N-methyl/N-ethyl adjacent to an activating group) is 1. The lowest BCUT2D eigenvalue weighted by Crippen LogP contribution is -2.44. The van der Waals surface area contributed by atoms with Crippen molar-refractivity contribution in [1.29, 1.82) is 0 Å². The molecule has 0 aromatic carbocycles. The van der Waals surface area contributed by atoms with Gasteiger partial charge < -0.3 is 33.3 Å². The number of nitrogens with zero attached hydrogens (tertiary/aromatic N) is 1. The Bertz CT molecular complexity index is 2260. The molecule has 9 heteroatoms. The maximum atomic E-state index is 13.0. The topological polar surface area (TPSA) is 111 Å². The van der Waals surface area contributed by atoms with Crippen LogP contribution in [-0.4, -0.2) is 82.3 Å². The van der Waals surface area contributed by atoms with Crippen LogP contribution in [0.5, 0.6) is 0 Å². The predicted octanol–water partition coefficient (Wildman–Crippen LogP) is 23.8. The van der Waals surface area contributed by atoms with Crippen molar-refractivity contribution in [1.82, 2.24) is 0 Å². The van der Waals surface area contributed by atoms with Gasteiger partial charge in [0, 0.05) is 12.8 Å². The third-order valence-electron chi connectivity index (χ3n) is 16.1. The molecule has 0 aromatic heterocycles. The van der Waals surface area contributed by atoms with Gasteiger partial charge >= 0.3 is 11.9 Å². The highest BCUT2D eigenvalue weighted by molar-refractivity contribution is 5.70. The molecule has 2 atom stereocenters. The van der Waals surface area contributed by atoms with Gasteiger partial charge in [0.25, 0.3) is 0 Å². The molecule has 0 heterocycles. The van der Waals surface area contributed by atoms with Gasteiger partial charge in [-0.15, -0.1) is 0 Å². The summed E-state index contributed by atoms with van der Waals surface area (Å²) in [4.78, 5) is 37.6. The van der Waals surface area contributed by atoms with Crippen molar-refractivity contribution in [2.75, 3.05) is 47.5 Å². The summed E-state index contributed by atoms with van der Waals surface area (Å²) < 4.78 is 22.8. The Morgan fingerprint density at radius 1 is 0.309 bits per heavy atom. The van der Waals surface area contributed by atoms with Gasteiger partial charge in [-0.2, -0.15) is 0 Å². The van der Waals surface area contributed by atoms with E-state index in [0.29, 0.717) is 17.4 Å². The summed E-state index contributed by atoms with van der Waals surface area (Å²) in [5, 5.41) is 11.9. The molecular weight excluding hydrogens is 1200 g/mol. The molecule has 0 fully saturated rings. The third-order valence-corrected chi connectivity index (χ3v) is 16.1. The molecule has 0 aliphatic heterocycles. The first kappa shape index (κ1) is 91.4. The summed E-state index contributed by atoms with van der Waals surface area (Å²) in [6.07, 6.45) is 113. The Balaban J connectivity index is 4.14. The Morgan fingerprint density at radius 3 is 0.825 bits per heavy atom. The fraction of sp³-hybridized carbons (Fsp3) is 0.625. The van der Waals surface area contributed by atoms with Gasteiger partial charge in [-0.25, -0.2) is 0 Å². The van der Waals surface area contributed by atoms with Crippen LogP contribution in [0.25, 0.3) is 0 Å². The number of hydrogen-bond donors (Lipinski definition) is 0. The lowest BCUT2D eigenvalue weighted by Gasteiger charge is -2.26. The highest BCUT2D eigenvalue weighted by atomic mass is 16.7. The fourth-order valence-electron chi connectivity index (χ4n) is 10.3. The van der Waals surface area contributed by atoms with Gasteiger partial charge in [-0.1, -0.05) is 331 Å². The first-order chi connectivity index (χ1) is 47.6. The van der Waals surface area contributed by atoms with E-state index in [1.807, 2.05) is 21.1 Å². The summed E-state index contributed by atoms with van der Waals surface area (Å²) in [5.74, 6) is -2.32. The summed E-state index contributed by atoms with van der Waals surface area (Å²) >= 11 is 0. The van der Waals surface area contributed by atoms with Crippen molar-refractivity contribution in [3.8, 4) is 0 Å². The van der Waals surface area contributed by atoms with Gasteiger partial charge in [-0.05, 0) is 135 Å². The Hall–Kier alpha value is -5.61. The number of hydrogen-bond acceptors (Lipinski definition) is 8. The largest absolute Gasteiger partial charge is 0.545 e. The normalized spacial score (nSPS) is 13.7. The number of unbranched alkanes of at least 4 members (excludes halogenated alkanes) is 25. The number of carbonyl (C=O) groups excluding carboxylic acids is 3. The molecule has 0 saturated heterocycles. The molecule has 548 valence electrons. The van der Waals surface area contributed by atoms with Crippen LogP contribution < -0.4 is 5.11 Å². The molecule has 2 unspecified atom stereocenters. The van der Waals surface area contributed by atoms with Crippen molar-refractivity contribution in [3.63, 3.8) is 0 Å². The number of rotatable bonds is 70. The van der Waals surface area contributed by atoms with Crippen LogP contribution in [0.4, 0.5) is 0 Å². The van der Waals surface area contributed by atoms with E-state index in [-0.39, 0.29) is 38.6 Å². The standard InChI is InChI=1S/C88H143NO8/c1-6-8-10-12-14-16-18-20-22-24-26-28-30-32-34-36-38-40-42-43-45-46-48-50-52-54-56-58-60-62-64-66-68-70-72-74-76-78-85(90)95-82-84(83-96-88(87(92)93)94-81-80-89(3,4)5)97-86(91)79-77-75-73-71-69-67-65-63-61-59-57-55-53-51-49-47-44-41-39-37-35-33-31-29-27-25-23-21-19-17-15-13-11-9-7-2/h8-11,14-17,20-23,26-29,32-35,39,41,47,49,53,55,59,61,65,67,84,88H,6-7,12-13,18-19,24-25,30-31,36-38,40,42-46,48,50-52,54,56-58,60,62-64,66,68-83H2,1-5H3/b10-8-,11-9-,16-14-,17-15-,22-20-,23-21-,28-26-,29-27-,34-32-,35-33-,41-39-,49-47-,55-53-,61-59-,67-65-. The lowest BCUT2D eigenvalue weighted by atomic mass is 10.0. The zero-order valence-electron chi connectivity index (χ0n) is 62.6. The van der Waals surface area contributed by atoms with Crippen LogP contribution in [0, 0.1) is 0 Å². The van der Waals surface area contributed by atoms with E-state index in [1.165, 1.54) is 122 Å². The van der Waals surface area contributed by atoms with E-state index >= 15 is 0 Å². The SMILES string of the molecule is CC/C=C\C/C=C\C/C=C\C/C=C\C/C=C\C/C=C\C/C=C\C/C=C\C/C=C\C/C=C\CCCCCCC(=O)OC(COC(=O)CCCCCCCCCCCCCCCCCCCCCCC/C=C\C/C=C\C/C=C\C/C=C\C/C=C\CC)COC(OCC[N+](C)(C)C)C(=O)[O-]. The molecule has 0 aromatic rings. The molecule has 9 nitrogen and oxygen atoms in total. The van der Waals surface area contributed by atoms with Gasteiger partial charge in [0.1, 0.15) is 13.2 Å². The predicted molar refractivity (Wildman–Crippen MR) is 416 cm³/mol. The van der Waals surface area contributed by atoms with E-state index in [4.69, 9.17) is 18.9 Å². The number of carboxylic acid groups (broad SMARTS) is 1. The zero-order chi connectivity index (χ0) is 70.4. The minimum Gasteiger partial charge on any atom is -0.545 e. The number of aliphatic carboxylic acids is 1. The number of quaternary nitrogens is 1. The van der Waals surface area contributed by atoms with Crippen LogP contribution in [0.1, 0.15) is 296 Å². The van der Waals surface area contributed by atoms with Crippen LogP contribution >= 0.6 is 0 Å². The zero-order valence-corrected chi connectivity index (χ0v) is 62.6. The summed E-state index contributed by atoms with van der Waals surface area (Å²) in [6, 6.07) is 0. The first-order valence-corrected chi connectivity index (χ1v) is 38.9. The number of allylic oxidation sites excluding steroid dienone is 30. The maximum absolute atomic E-state index is 13.0. The molecule has 0 amide bonds. The minimum absolute atomic E-state index is 0.134. The molecule has 0 aliphatic rings. The molecule has 0 rings (SSSR count). The second-order valence-electron chi connectivity index (χ2n) is 26.5. The molecule has 0 N–H and O–H groups in total. The smallest absolute Gasteiger partial charge is 0.306 e. The highest BCUT2D eigenvalue weighted by Gasteiger charge is 2.22. The van der Waals surface area contributed by atoms with Crippen LogP contribution in [0.2, 0.25) is 0 Å². The van der Waals surface area contributed by atoms with Crippen molar-refractivity contribution < 1.29 is 42.9 Å². The molecule has 0 aliphatic carbocycles. The second-order valence-corrected chi connectivity index (χ2v) is 26.5. The van der Waals surface area contributed by atoms with E-state index in [1.54, 1.807) is 0 Å². The van der Waals surface area contributed by atoms with Crippen molar-refractivity contribution >= 4 is 17.9 Å². The summed E-state index contributed by atoms with van der Waals surface area (Å²) in [5.41, 5.74) is 0. The number of esters is 2. The van der Waals surface area contributed by atoms with Crippen molar-refractivity contribution in [3.05, 3.63) is 182 Å². The average Bonchev–Trinajstić information content (AvgIpc) is 3.74. The maximum Gasteiger partial charge on any atom is 0.306 e. The molecule has 0 radical (unpaired) electrons. The second kappa shape index (κ2) is 76.1. The Morgan fingerprint density at radius 2 is 0.557 bits per heavy atom. The lowest BCUT2D eigenvalue weighted by molar-refractivity contribution is -0.870. The molecular formula is C88H143NO8. The minimum atomic E-state index is -1.64. The average molecular weight is 1340 g/mol. The number of carboxylic acids is 1. The summed E-state index contributed by atoms with van der Waals surface area (Å²) in [7, 11) is 5.92. The van der Waals surface area contributed by atoms with E-state index < -0.39 is 24.3 Å². The van der Waals surface area contributed by atoms with Crippen LogP contribution in [0.3, 0.4) is 0 Å². The first-order valence-electron chi connectivity index (χ1n) is 38.9. The van der Waals surface area contributed by atoms with Gasteiger partial charge in [0.05, 0.1) is 40.3 Å². The van der Waals surface area contributed by atoms with E-state index in [2.05, 4.69) is 196 Å². The highest BCUT2D eigenvalue weighted by Crippen LogP contribution is 2.17. The number of carbonyl (C=O) groups is 3. The monoisotopic (exact) mass is 1340 g/mol. The Labute approximate surface area is 596 Å². The quantitative estimate of drug-likeness (QED) is 0.0195. The van der Waals surface area contributed by atoms with E-state index in [9.17, 15) is 19.5 Å². The number of ether oxygens (including phenoxy) is 4. The Kier molecular flexibility index (Phi) is 71.7. The van der Waals surface area contributed by atoms with Crippen LogP contribution in [0.15, 0.2) is 182 Å². The van der Waals surface area contributed by atoms with Crippen LogP contribution in [-0.2, 0) is 33.3 Å².